The zero-order valence-electron chi connectivity index (χ0n) is 7.63. The monoisotopic (exact) mass is 186 g/mol. The summed E-state index contributed by atoms with van der Waals surface area (Å²) in [6.07, 6.45) is 3.92. The molecule has 0 amide bonds. The Bertz CT molecular complexity index is 172. The lowest BCUT2D eigenvalue weighted by atomic mass is 10.2. The van der Waals surface area contributed by atoms with Crippen LogP contribution in [0.4, 0.5) is 0 Å². The van der Waals surface area contributed by atoms with Gasteiger partial charge in [-0.1, -0.05) is 12.2 Å². The van der Waals surface area contributed by atoms with E-state index in [9.17, 15) is 0 Å². The van der Waals surface area contributed by atoms with Crippen molar-refractivity contribution in [2.24, 2.45) is 5.92 Å². The Morgan fingerprint density at radius 2 is 2.25 bits per heavy atom. The van der Waals surface area contributed by atoms with Gasteiger partial charge in [0.25, 0.3) is 0 Å². The van der Waals surface area contributed by atoms with Crippen molar-refractivity contribution < 1.29 is 0 Å². The molecule has 0 aromatic heterocycles. The molecule has 0 rings (SSSR count). The Labute approximate surface area is 79.4 Å². The molecule has 0 N–H and O–H groups in total. The van der Waals surface area contributed by atoms with Crippen LogP contribution in [0.2, 0.25) is 0 Å². The molecule has 12 heavy (non-hydrogen) atoms. The van der Waals surface area contributed by atoms with Crippen molar-refractivity contribution in [2.75, 3.05) is 26.0 Å². The fourth-order valence-electron chi connectivity index (χ4n) is 0.900. The topological polar surface area (TPSA) is 27.0 Å². The van der Waals surface area contributed by atoms with Gasteiger partial charge < -0.3 is 4.90 Å². The molecule has 0 aromatic carbocycles. The summed E-state index contributed by atoms with van der Waals surface area (Å²) < 4.78 is 0. The zero-order chi connectivity index (χ0) is 9.40. The lowest BCUT2D eigenvalue weighted by molar-refractivity contribution is 0.342. The zero-order valence-corrected chi connectivity index (χ0v) is 8.38. The van der Waals surface area contributed by atoms with Gasteiger partial charge in [-0.3, -0.25) is 0 Å². The molecule has 0 aliphatic rings. The largest absolute Gasteiger partial charge is 0.301 e. The van der Waals surface area contributed by atoms with Gasteiger partial charge in [0.2, 0.25) is 0 Å². The summed E-state index contributed by atoms with van der Waals surface area (Å²) in [6, 6.07) is 2.19. The summed E-state index contributed by atoms with van der Waals surface area (Å²) >= 11 is 5.46. The van der Waals surface area contributed by atoms with E-state index in [0.717, 1.165) is 13.1 Å². The molecular formula is C9H15ClN2. The molecule has 3 heteroatoms. The Morgan fingerprint density at radius 1 is 1.58 bits per heavy atom. The summed E-state index contributed by atoms with van der Waals surface area (Å²) in [4.78, 5) is 2.09. The van der Waals surface area contributed by atoms with Crippen LogP contribution in [0.1, 0.15) is 6.92 Å². The van der Waals surface area contributed by atoms with Crippen molar-refractivity contribution in [2.45, 2.75) is 6.92 Å². The maximum Gasteiger partial charge on any atom is 0.0666 e. The van der Waals surface area contributed by atoms with E-state index in [2.05, 4.69) is 11.0 Å². The number of rotatable bonds is 5. The second-order valence-electron chi connectivity index (χ2n) is 2.88. The maximum atomic E-state index is 8.54. The number of hydrogen-bond donors (Lipinski definition) is 0. The molecule has 0 heterocycles. The van der Waals surface area contributed by atoms with Crippen LogP contribution in [0.3, 0.4) is 0 Å². The third-order valence-electron chi connectivity index (χ3n) is 1.48. The van der Waals surface area contributed by atoms with Crippen molar-refractivity contribution in [1.82, 2.24) is 4.90 Å². The van der Waals surface area contributed by atoms with E-state index in [0.29, 0.717) is 5.88 Å². The number of nitrogens with zero attached hydrogens (tertiary/aromatic N) is 2. The van der Waals surface area contributed by atoms with Gasteiger partial charge in [0.15, 0.2) is 0 Å². The predicted molar refractivity (Wildman–Crippen MR) is 52.1 cm³/mol. The number of nitriles is 1. The van der Waals surface area contributed by atoms with Crippen LogP contribution in [-0.2, 0) is 0 Å². The number of halogens is 1. The van der Waals surface area contributed by atoms with Gasteiger partial charge in [0.05, 0.1) is 12.0 Å². The van der Waals surface area contributed by atoms with Gasteiger partial charge in [-0.15, -0.1) is 11.6 Å². The Hall–Kier alpha value is -0.520. The molecule has 1 atom stereocenters. The van der Waals surface area contributed by atoms with Crippen molar-refractivity contribution in [3.8, 4) is 6.07 Å². The molecule has 1 unspecified atom stereocenters. The second-order valence-corrected chi connectivity index (χ2v) is 3.19. The SMILES string of the molecule is CC(C#N)CN(C)CC=CCCl. The van der Waals surface area contributed by atoms with Crippen molar-refractivity contribution >= 4 is 11.6 Å². The minimum atomic E-state index is 0.0967. The molecule has 0 aliphatic heterocycles. The second kappa shape index (κ2) is 7.15. The Kier molecular flexibility index (Phi) is 6.84. The summed E-state index contributed by atoms with van der Waals surface area (Å²) in [5.41, 5.74) is 0. The normalized spacial score (nSPS) is 13.6. The highest BCUT2D eigenvalue weighted by Crippen LogP contribution is 1.95. The van der Waals surface area contributed by atoms with E-state index in [1.54, 1.807) is 0 Å². The highest BCUT2D eigenvalue weighted by molar-refractivity contribution is 6.18. The summed E-state index contributed by atoms with van der Waals surface area (Å²) in [7, 11) is 1.99. The lowest BCUT2D eigenvalue weighted by Gasteiger charge is -2.14. The molecule has 0 saturated carbocycles. The molecule has 0 saturated heterocycles. The number of likely N-dealkylation sites (N-methyl/N-ethyl adjacent to an activating group) is 1. The quantitative estimate of drug-likeness (QED) is 0.484. The van der Waals surface area contributed by atoms with E-state index < -0.39 is 0 Å². The minimum Gasteiger partial charge on any atom is -0.301 e. The lowest BCUT2D eigenvalue weighted by Crippen LogP contribution is -2.23. The Morgan fingerprint density at radius 3 is 2.75 bits per heavy atom. The van der Waals surface area contributed by atoms with Crippen LogP contribution in [-0.4, -0.2) is 30.9 Å². The number of alkyl halides is 1. The molecule has 68 valence electrons. The van der Waals surface area contributed by atoms with E-state index >= 15 is 0 Å². The first-order chi connectivity index (χ1) is 5.70. The summed E-state index contributed by atoms with van der Waals surface area (Å²) in [5.74, 6) is 0.654. The first-order valence-electron chi connectivity index (χ1n) is 3.99. The predicted octanol–water partition coefficient (Wildman–Crippen LogP) is 1.87. The van der Waals surface area contributed by atoms with Crippen LogP contribution in [0.25, 0.3) is 0 Å². The van der Waals surface area contributed by atoms with Crippen LogP contribution >= 0.6 is 11.6 Å². The van der Waals surface area contributed by atoms with Gasteiger partial charge in [0.1, 0.15) is 0 Å². The Balaban J connectivity index is 3.53. The molecule has 2 nitrogen and oxygen atoms in total. The van der Waals surface area contributed by atoms with Crippen LogP contribution in [0.5, 0.6) is 0 Å². The van der Waals surface area contributed by atoms with Crippen molar-refractivity contribution in [3.05, 3.63) is 12.2 Å². The highest BCUT2D eigenvalue weighted by Gasteiger charge is 2.02. The van der Waals surface area contributed by atoms with Gasteiger partial charge in [0, 0.05) is 19.0 Å². The van der Waals surface area contributed by atoms with Crippen molar-refractivity contribution in [3.63, 3.8) is 0 Å². The van der Waals surface area contributed by atoms with E-state index in [1.807, 2.05) is 26.1 Å². The standard InChI is InChI=1S/C9H15ClN2/c1-9(7-11)8-12(2)6-4-3-5-10/h3-4,9H,5-6,8H2,1-2H3. The van der Waals surface area contributed by atoms with Gasteiger partial charge >= 0.3 is 0 Å². The first-order valence-corrected chi connectivity index (χ1v) is 4.53. The summed E-state index contributed by atoms with van der Waals surface area (Å²) in [6.45, 7) is 3.59. The average molecular weight is 187 g/mol. The number of allylic oxidation sites excluding steroid dienone is 1. The van der Waals surface area contributed by atoms with E-state index in [-0.39, 0.29) is 5.92 Å². The highest BCUT2D eigenvalue weighted by atomic mass is 35.5. The third-order valence-corrected chi connectivity index (χ3v) is 1.66. The molecule has 0 spiro atoms. The summed E-state index contributed by atoms with van der Waals surface area (Å²) in [5, 5.41) is 8.54. The minimum absolute atomic E-state index is 0.0967. The van der Waals surface area contributed by atoms with Crippen LogP contribution < -0.4 is 0 Å². The van der Waals surface area contributed by atoms with E-state index in [4.69, 9.17) is 16.9 Å². The molecule has 0 fully saturated rings. The molecule has 0 aliphatic carbocycles. The maximum absolute atomic E-state index is 8.54. The molecular weight excluding hydrogens is 172 g/mol. The van der Waals surface area contributed by atoms with Gasteiger partial charge in [-0.25, -0.2) is 0 Å². The van der Waals surface area contributed by atoms with Gasteiger partial charge in [-0.05, 0) is 14.0 Å². The van der Waals surface area contributed by atoms with Gasteiger partial charge in [-0.2, -0.15) is 5.26 Å². The van der Waals surface area contributed by atoms with Crippen LogP contribution in [0, 0.1) is 17.2 Å². The molecule has 0 bridgehead atoms. The molecule has 0 radical (unpaired) electrons. The van der Waals surface area contributed by atoms with Crippen molar-refractivity contribution in [1.29, 1.82) is 5.26 Å². The molecule has 0 aromatic rings. The fraction of sp³-hybridized carbons (Fsp3) is 0.667. The smallest absolute Gasteiger partial charge is 0.0666 e. The fourth-order valence-corrected chi connectivity index (χ4v) is 1.03. The van der Waals surface area contributed by atoms with Crippen LogP contribution in [0.15, 0.2) is 12.2 Å². The first kappa shape index (κ1) is 11.5. The van der Waals surface area contributed by atoms with E-state index in [1.165, 1.54) is 0 Å². The third kappa shape index (κ3) is 6.21. The average Bonchev–Trinajstić information content (AvgIpc) is 2.05. The number of hydrogen-bond acceptors (Lipinski definition) is 2.